The molecule has 5 aliphatic carbocycles. The lowest BCUT2D eigenvalue weighted by atomic mass is 9.49. The molecule has 1 heterocycles. The second-order valence-corrected chi connectivity index (χ2v) is 10.3. The minimum atomic E-state index is -0.222. The van der Waals surface area contributed by atoms with Crippen LogP contribution in [-0.4, -0.2) is 37.2 Å². The fraction of sp³-hybridized carbons (Fsp3) is 0.864. The molecule has 5 saturated carbocycles. The van der Waals surface area contributed by atoms with Crippen LogP contribution >= 0.6 is 0 Å². The van der Waals surface area contributed by atoms with Crippen LogP contribution in [0, 0.1) is 35.0 Å². The smallest absolute Gasteiger partial charge is 0.259 e. The number of carbonyl (C=O) groups excluding carboxylic acids is 2. The molecule has 0 aromatic rings. The summed E-state index contributed by atoms with van der Waals surface area (Å²) in [4.78, 5) is 25.1. The van der Waals surface area contributed by atoms with Gasteiger partial charge in [0.25, 0.3) is 5.91 Å². The summed E-state index contributed by atoms with van der Waals surface area (Å²) in [7, 11) is 0. The Hall–Kier alpha value is -1.43. The molecule has 0 radical (unpaired) electrons. The van der Waals surface area contributed by atoms with Gasteiger partial charge in [-0.05, 0) is 75.0 Å². The van der Waals surface area contributed by atoms with E-state index in [4.69, 9.17) is 0 Å². The minimum absolute atomic E-state index is 0.0346. The van der Waals surface area contributed by atoms with E-state index in [1.54, 1.807) is 0 Å². The highest BCUT2D eigenvalue weighted by molar-refractivity contribution is 5.88. The Balaban J connectivity index is 1.09. The Morgan fingerprint density at radius 1 is 1.04 bits per heavy atom. The molecule has 3 unspecified atom stereocenters. The monoisotopic (exact) mass is 386 g/mol. The summed E-state index contributed by atoms with van der Waals surface area (Å²) in [6, 6.07) is 0.625. The summed E-state index contributed by atoms with van der Waals surface area (Å²) in [6.45, 7) is 0.990. The third kappa shape index (κ3) is 3.49. The van der Waals surface area contributed by atoms with E-state index in [0.717, 1.165) is 43.6 Å². The number of amides is 2. The largest absolute Gasteiger partial charge is 0.346 e. The maximum absolute atomic E-state index is 12.9. The molecule has 1 saturated heterocycles. The highest BCUT2D eigenvalue weighted by Crippen LogP contribution is 2.60. The highest BCUT2D eigenvalue weighted by atomic mass is 16.2. The predicted molar refractivity (Wildman–Crippen MR) is 107 cm³/mol. The molecule has 0 aromatic carbocycles. The Morgan fingerprint density at radius 3 is 2.43 bits per heavy atom. The van der Waals surface area contributed by atoms with Gasteiger partial charge in [-0.2, -0.15) is 5.10 Å². The molecule has 1 aliphatic heterocycles. The summed E-state index contributed by atoms with van der Waals surface area (Å²) in [6.07, 6.45) is 14.1. The minimum Gasteiger partial charge on any atom is -0.346 e. The molecule has 28 heavy (non-hydrogen) atoms. The number of hydrazone groups is 1. The number of rotatable bonds is 5. The van der Waals surface area contributed by atoms with Crippen LogP contribution in [0.4, 0.5) is 0 Å². The van der Waals surface area contributed by atoms with E-state index in [-0.39, 0.29) is 23.8 Å². The lowest BCUT2D eigenvalue weighted by Gasteiger charge is -2.55. The molecule has 0 aromatic heterocycles. The van der Waals surface area contributed by atoms with Crippen LogP contribution in [0.15, 0.2) is 5.10 Å². The highest BCUT2D eigenvalue weighted by Gasteiger charge is 2.54. The Kier molecular flexibility index (Phi) is 4.93. The summed E-state index contributed by atoms with van der Waals surface area (Å²) in [5, 5.41) is 10.7. The molecule has 6 aliphatic rings. The second-order valence-electron chi connectivity index (χ2n) is 10.3. The van der Waals surface area contributed by atoms with Crippen molar-refractivity contribution in [2.75, 3.05) is 13.1 Å². The van der Waals surface area contributed by atoms with Crippen LogP contribution < -0.4 is 16.1 Å². The van der Waals surface area contributed by atoms with Crippen molar-refractivity contribution in [3.05, 3.63) is 0 Å². The molecular weight excluding hydrogens is 352 g/mol. The molecule has 4 bridgehead atoms. The van der Waals surface area contributed by atoms with Crippen LogP contribution in [0.5, 0.6) is 0 Å². The molecule has 154 valence electrons. The third-order valence-corrected chi connectivity index (χ3v) is 8.37. The van der Waals surface area contributed by atoms with Gasteiger partial charge in [-0.3, -0.25) is 9.59 Å². The van der Waals surface area contributed by atoms with Crippen LogP contribution in [-0.2, 0) is 9.59 Å². The van der Waals surface area contributed by atoms with Gasteiger partial charge in [0.15, 0.2) is 0 Å². The van der Waals surface area contributed by atoms with Gasteiger partial charge >= 0.3 is 0 Å². The zero-order chi connectivity index (χ0) is 19.1. The second kappa shape index (κ2) is 7.43. The Labute approximate surface area is 167 Å². The van der Waals surface area contributed by atoms with Crippen molar-refractivity contribution in [3.63, 3.8) is 0 Å². The number of hydrogen-bond acceptors (Lipinski definition) is 4. The van der Waals surface area contributed by atoms with E-state index < -0.39 is 0 Å². The lowest BCUT2D eigenvalue weighted by molar-refractivity contribution is -0.147. The first-order valence-electron chi connectivity index (χ1n) is 11.4. The average Bonchev–Trinajstić information content (AvgIpc) is 3.08. The van der Waals surface area contributed by atoms with Gasteiger partial charge in [-0.15, -0.1) is 0 Å². The van der Waals surface area contributed by atoms with Gasteiger partial charge in [-0.25, -0.2) is 5.43 Å². The first kappa shape index (κ1) is 18.6. The maximum Gasteiger partial charge on any atom is 0.259 e. The van der Waals surface area contributed by atoms with E-state index in [2.05, 4.69) is 21.2 Å². The first-order chi connectivity index (χ1) is 13.6. The van der Waals surface area contributed by atoms with E-state index >= 15 is 0 Å². The van der Waals surface area contributed by atoms with Crippen molar-refractivity contribution in [2.24, 2.45) is 40.1 Å². The Morgan fingerprint density at radius 2 is 1.71 bits per heavy atom. The van der Waals surface area contributed by atoms with Gasteiger partial charge < -0.3 is 10.6 Å². The number of hydrogen-bond donors (Lipinski definition) is 3. The normalized spacial score (nSPS) is 43.9. The third-order valence-electron chi connectivity index (χ3n) is 8.37. The van der Waals surface area contributed by atoms with Gasteiger partial charge in [0.05, 0.1) is 6.54 Å². The first-order valence-corrected chi connectivity index (χ1v) is 11.4. The molecule has 0 spiro atoms. The lowest BCUT2D eigenvalue weighted by Crippen LogP contribution is -2.54. The average molecular weight is 387 g/mol. The van der Waals surface area contributed by atoms with E-state index in [9.17, 15) is 9.59 Å². The molecular formula is C22H34N4O2. The summed E-state index contributed by atoms with van der Waals surface area (Å²) in [5.41, 5.74) is 2.43. The number of nitrogens with zero attached hydrogens (tertiary/aromatic N) is 1. The van der Waals surface area contributed by atoms with Gasteiger partial charge in [0, 0.05) is 30.1 Å². The van der Waals surface area contributed by atoms with Crippen molar-refractivity contribution in [1.82, 2.24) is 16.1 Å². The SMILES string of the molecule is O=C(CNC(=O)C12CC3CC(CC(C3)C1)C2)N/N=C\C1CNC2CCCCC12. The zero-order valence-electron chi connectivity index (χ0n) is 16.8. The van der Waals surface area contributed by atoms with Crippen molar-refractivity contribution in [2.45, 2.75) is 70.3 Å². The van der Waals surface area contributed by atoms with E-state index in [0.29, 0.717) is 17.9 Å². The van der Waals surface area contributed by atoms with Crippen LogP contribution in [0.2, 0.25) is 0 Å². The topological polar surface area (TPSA) is 82.6 Å². The van der Waals surface area contributed by atoms with E-state index in [1.165, 1.54) is 44.9 Å². The summed E-state index contributed by atoms with van der Waals surface area (Å²) < 4.78 is 0. The molecule has 6 heteroatoms. The van der Waals surface area contributed by atoms with Crippen molar-refractivity contribution >= 4 is 18.0 Å². The maximum atomic E-state index is 12.9. The van der Waals surface area contributed by atoms with Gasteiger partial charge in [0.2, 0.25) is 5.91 Å². The van der Waals surface area contributed by atoms with Crippen LogP contribution in [0.1, 0.15) is 64.2 Å². The Bertz CT molecular complexity index is 626. The molecule has 2 amide bonds. The predicted octanol–water partition coefficient (Wildman–Crippen LogP) is 2.20. The van der Waals surface area contributed by atoms with E-state index in [1.807, 2.05) is 6.21 Å². The number of carbonyl (C=O) groups is 2. The molecule has 6 rings (SSSR count). The van der Waals surface area contributed by atoms with Crippen molar-refractivity contribution in [1.29, 1.82) is 0 Å². The standard InChI is InChI=1S/C22H34N4O2/c27-20(26-25-12-17-11-23-19-4-2-1-3-18(17)19)13-24-21(28)22-8-14-5-15(9-22)7-16(6-14)10-22/h12,14-19,23H,1-11,13H2,(H,24,28)(H,26,27)/b25-12-. The van der Waals surface area contributed by atoms with Gasteiger partial charge in [0.1, 0.15) is 0 Å². The van der Waals surface area contributed by atoms with Crippen LogP contribution in [0.3, 0.4) is 0 Å². The summed E-state index contributed by atoms with van der Waals surface area (Å²) in [5.74, 6) is 3.16. The fourth-order valence-corrected chi connectivity index (χ4v) is 7.51. The van der Waals surface area contributed by atoms with Crippen LogP contribution in [0.25, 0.3) is 0 Å². The molecule has 6 fully saturated rings. The molecule has 3 N–H and O–H groups in total. The molecule has 6 nitrogen and oxygen atoms in total. The van der Waals surface area contributed by atoms with Crippen molar-refractivity contribution < 1.29 is 9.59 Å². The zero-order valence-corrected chi connectivity index (χ0v) is 16.8. The molecule has 3 atom stereocenters. The summed E-state index contributed by atoms with van der Waals surface area (Å²) >= 11 is 0. The number of fused-ring (bicyclic) bond motifs is 1. The van der Waals surface area contributed by atoms with Crippen molar-refractivity contribution in [3.8, 4) is 0 Å². The quantitative estimate of drug-likeness (QED) is 0.500. The van der Waals surface area contributed by atoms with Gasteiger partial charge in [-0.1, -0.05) is 12.8 Å². The fourth-order valence-electron chi connectivity index (χ4n) is 7.51. The number of nitrogens with one attached hydrogen (secondary N) is 3.